The summed E-state index contributed by atoms with van der Waals surface area (Å²) in [5, 5.41) is 10.2. The molecule has 4 heteroatoms. The number of nitrogens with two attached hydrogens (primary N) is 1. The second-order valence-electron chi connectivity index (χ2n) is 6.18. The Morgan fingerprint density at radius 3 is 2.30 bits per heavy atom. The van der Waals surface area contributed by atoms with Crippen LogP contribution < -0.4 is 5.73 Å². The Morgan fingerprint density at radius 1 is 1.25 bits per heavy atom. The summed E-state index contributed by atoms with van der Waals surface area (Å²) in [7, 11) is 0. The fourth-order valence-electron chi connectivity index (χ4n) is 2.54. The van der Waals surface area contributed by atoms with E-state index in [1.807, 2.05) is 51.1 Å². The first-order valence-corrected chi connectivity index (χ1v) is 7.17. The molecule has 1 amide bonds. The molecule has 1 aliphatic heterocycles. The highest BCUT2D eigenvalue weighted by Gasteiger charge is 2.47. The number of amides is 1. The van der Waals surface area contributed by atoms with Gasteiger partial charge in [0.05, 0.1) is 19.0 Å². The number of hydrogen-bond donors (Lipinski definition) is 2. The van der Waals surface area contributed by atoms with Crippen molar-refractivity contribution in [2.24, 2.45) is 17.6 Å². The molecule has 1 heterocycles. The Morgan fingerprint density at radius 2 is 1.80 bits per heavy atom. The molecule has 0 aliphatic carbocycles. The van der Waals surface area contributed by atoms with E-state index in [0.29, 0.717) is 13.1 Å². The number of carbonyl (C=O) groups is 1. The van der Waals surface area contributed by atoms with Crippen molar-refractivity contribution in [1.29, 1.82) is 0 Å². The van der Waals surface area contributed by atoms with Crippen LogP contribution in [0.2, 0.25) is 0 Å². The van der Waals surface area contributed by atoms with Crippen molar-refractivity contribution in [2.75, 3.05) is 13.1 Å². The van der Waals surface area contributed by atoms with Gasteiger partial charge in [-0.2, -0.15) is 0 Å². The zero-order valence-corrected chi connectivity index (χ0v) is 12.4. The third kappa shape index (κ3) is 2.72. The second kappa shape index (κ2) is 5.54. The minimum Gasteiger partial charge on any atom is -0.386 e. The van der Waals surface area contributed by atoms with Gasteiger partial charge in [0.2, 0.25) is 5.91 Å². The summed E-state index contributed by atoms with van der Waals surface area (Å²) in [6.07, 6.45) is 0. The van der Waals surface area contributed by atoms with E-state index in [2.05, 4.69) is 0 Å². The lowest BCUT2D eigenvalue weighted by atomic mass is 9.81. The summed E-state index contributed by atoms with van der Waals surface area (Å²) in [4.78, 5) is 14.1. The Labute approximate surface area is 120 Å². The maximum Gasteiger partial charge on any atom is 0.227 e. The molecule has 0 aromatic heterocycles. The van der Waals surface area contributed by atoms with Gasteiger partial charge in [-0.25, -0.2) is 0 Å². The predicted molar refractivity (Wildman–Crippen MR) is 78.9 cm³/mol. The lowest BCUT2D eigenvalue weighted by molar-refractivity contribution is -0.167. The van der Waals surface area contributed by atoms with Gasteiger partial charge in [0.15, 0.2) is 0 Å². The first-order valence-electron chi connectivity index (χ1n) is 7.17. The van der Waals surface area contributed by atoms with Crippen molar-refractivity contribution in [2.45, 2.75) is 32.4 Å². The summed E-state index contributed by atoms with van der Waals surface area (Å²) in [6, 6.07) is 9.35. The highest BCUT2D eigenvalue weighted by Crippen LogP contribution is 2.31. The van der Waals surface area contributed by atoms with Crippen LogP contribution in [0.25, 0.3) is 0 Å². The molecule has 3 N–H and O–H groups in total. The largest absolute Gasteiger partial charge is 0.386 e. The lowest BCUT2D eigenvalue weighted by Gasteiger charge is -2.50. The van der Waals surface area contributed by atoms with Gasteiger partial charge in [0.25, 0.3) is 0 Å². The first kappa shape index (κ1) is 15.0. The van der Waals surface area contributed by atoms with E-state index in [9.17, 15) is 9.90 Å². The van der Waals surface area contributed by atoms with Crippen molar-refractivity contribution in [3.63, 3.8) is 0 Å². The molecule has 1 aromatic rings. The van der Waals surface area contributed by atoms with Gasteiger partial charge in [-0.15, -0.1) is 0 Å². The van der Waals surface area contributed by atoms with Crippen molar-refractivity contribution < 1.29 is 9.90 Å². The molecule has 2 unspecified atom stereocenters. The normalized spacial score (nSPS) is 20.4. The van der Waals surface area contributed by atoms with Crippen molar-refractivity contribution in [3.8, 4) is 0 Å². The number of rotatable bonds is 4. The Balaban J connectivity index is 1.97. The summed E-state index contributed by atoms with van der Waals surface area (Å²) in [6.45, 7) is 6.62. The van der Waals surface area contributed by atoms with Gasteiger partial charge in [0.1, 0.15) is 5.60 Å². The third-order valence-electron chi connectivity index (χ3n) is 4.43. The summed E-state index contributed by atoms with van der Waals surface area (Å²) in [5.74, 6) is -0.106. The van der Waals surface area contributed by atoms with Crippen LogP contribution in [0.3, 0.4) is 0 Å². The zero-order valence-electron chi connectivity index (χ0n) is 12.4. The van der Waals surface area contributed by atoms with Crippen LogP contribution in [-0.4, -0.2) is 34.6 Å². The molecule has 4 nitrogen and oxygen atoms in total. The Hall–Kier alpha value is -1.39. The van der Waals surface area contributed by atoms with Crippen LogP contribution in [0.5, 0.6) is 0 Å². The summed E-state index contributed by atoms with van der Waals surface area (Å²) < 4.78 is 0. The average molecular weight is 276 g/mol. The topological polar surface area (TPSA) is 66.6 Å². The highest BCUT2D eigenvalue weighted by molar-refractivity contribution is 5.80. The maximum atomic E-state index is 12.4. The van der Waals surface area contributed by atoms with E-state index in [4.69, 9.17) is 5.73 Å². The van der Waals surface area contributed by atoms with Gasteiger partial charge in [-0.3, -0.25) is 4.79 Å². The molecule has 2 rings (SSSR count). The molecular weight excluding hydrogens is 252 g/mol. The van der Waals surface area contributed by atoms with Gasteiger partial charge < -0.3 is 15.7 Å². The van der Waals surface area contributed by atoms with Gasteiger partial charge in [-0.1, -0.05) is 51.1 Å². The highest BCUT2D eigenvalue weighted by atomic mass is 16.3. The maximum absolute atomic E-state index is 12.4. The number of carbonyl (C=O) groups excluding carboxylic acids is 1. The quantitative estimate of drug-likeness (QED) is 0.877. The van der Waals surface area contributed by atoms with Crippen LogP contribution in [0.4, 0.5) is 0 Å². The number of hydrogen-bond acceptors (Lipinski definition) is 3. The molecule has 2 atom stereocenters. The van der Waals surface area contributed by atoms with E-state index in [1.165, 1.54) is 0 Å². The zero-order chi connectivity index (χ0) is 14.9. The molecule has 1 aliphatic rings. The molecule has 1 aromatic carbocycles. The van der Waals surface area contributed by atoms with Crippen LogP contribution in [0.1, 0.15) is 32.4 Å². The summed E-state index contributed by atoms with van der Waals surface area (Å²) >= 11 is 0. The monoisotopic (exact) mass is 276 g/mol. The minimum atomic E-state index is -0.730. The lowest BCUT2D eigenvalue weighted by Crippen LogP contribution is -2.67. The SMILES string of the molecule is CC(C(=O)N1CC(O)(C(C)C)C1)C(N)c1ccccc1. The van der Waals surface area contributed by atoms with Crippen molar-refractivity contribution in [3.05, 3.63) is 35.9 Å². The van der Waals surface area contributed by atoms with E-state index in [1.54, 1.807) is 4.90 Å². The average Bonchev–Trinajstić information content (AvgIpc) is 2.42. The van der Waals surface area contributed by atoms with Crippen molar-refractivity contribution in [1.82, 2.24) is 4.90 Å². The molecule has 0 saturated carbocycles. The molecule has 0 radical (unpaired) electrons. The van der Waals surface area contributed by atoms with Gasteiger partial charge in [0, 0.05) is 6.04 Å². The Bertz CT molecular complexity index is 467. The molecule has 20 heavy (non-hydrogen) atoms. The van der Waals surface area contributed by atoms with E-state index in [-0.39, 0.29) is 23.8 Å². The number of benzene rings is 1. The fourth-order valence-corrected chi connectivity index (χ4v) is 2.54. The molecule has 110 valence electrons. The van der Waals surface area contributed by atoms with Crippen LogP contribution in [0, 0.1) is 11.8 Å². The molecule has 1 saturated heterocycles. The van der Waals surface area contributed by atoms with Crippen LogP contribution in [-0.2, 0) is 4.79 Å². The molecule has 0 bridgehead atoms. The second-order valence-corrected chi connectivity index (χ2v) is 6.18. The van der Waals surface area contributed by atoms with Crippen LogP contribution >= 0.6 is 0 Å². The van der Waals surface area contributed by atoms with E-state index in [0.717, 1.165) is 5.56 Å². The number of likely N-dealkylation sites (tertiary alicyclic amines) is 1. The van der Waals surface area contributed by atoms with E-state index < -0.39 is 5.60 Å². The minimum absolute atomic E-state index is 0.0201. The smallest absolute Gasteiger partial charge is 0.227 e. The molecular formula is C16H24N2O2. The molecule has 0 spiro atoms. The fraction of sp³-hybridized carbons (Fsp3) is 0.562. The van der Waals surface area contributed by atoms with Gasteiger partial charge in [-0.05, 0) is 11.5 Å². The first-order chi connectivity index (χ1) is 9.35. The molecule has 1 fully saturated rings. The number of nitrogens with zero attached hydrogens (tertiary/aromatic N) is 1. The van der Waals surface area contributed by atoms with E-state index >= 15 is 0 Å². The number of aliphatic hydroxyl groups is 1. The number of β-amino-alcohol motifs (C(OH)–C–C–N with tert-alkyl or cyclic N) is 1. The van der Waals surface area contributed by atoms with Crippen molar-refractivity contribution >= 4 is 5.91 Å². The Kier molecular flexibility index (Phi) is 4.16. The van der Waals surface area contributed by atoms with Gasteiger partial charge >= 0.3 is 0 Å². The van der Waals surface area contributed by atoms with Crippen LogP contribution in [0.15, 0.2) is 30.3 Å². The summed E-state index contributed by atoms with van der Waals surface area (Å²) in [5.41, 5.74) is 6.41. The predicted octanol–water partition coefficient (Wildman–Crippen LogP) is 1.55. The standard InChI is InChI=1S/C16H24N2O2/c1-11(2)16(20)9-18(10-16)15(19)12(3)14(17)13-7-5-4-6-8-13/h4-8,11-12,14,20H,9-10,17H2,1-3H3. The third-order valence-corrected chi connectivity index (χ3v) is 4.43.